The molecule has 4 nitrogen and oxygen atoms in total. The molecule has 0 fully saturated rings. The molecule has 0 spiro atoms. The minimum absolute atomic E-state index is 0.474. The molecule has 9 heavy (non-hydrogen) atoms. The van der Waals surface area contributed by atoms with Gasteiger partial charge in [-0.15, -0.1) is 5.10 Å². The lowest BCUT2D eigenvalue weighted by atomic mass is 10.5. The van der Waals surface area contributed by atoms with Gasteiger partial charge in [-0.1, -0.05) is 4.49 Å². The van der Waals surface area contributed by atoms with Crippen LogP contribution in [-0.4, -0.2) is 16.7 Å². The van der Waals surface area contributed by atoms with Crippen molar-refractivity contribution in [2.45, 2.75) is 6.61 Å². The number of rotatable bonds is 2. The zero-order valence-corrected chi connectivity index (χ0v) is 5.81. The predicted molar refractivity (Wildman–Crippen MR) is 35.0 cm³/mol. The summed E-state index contributed by atoms with van der Waals surface area (Å²) in [5.41, 5.74) is 5.38. The molecule has 0 amide bonds. The van der Waals surface area contributed by atoms with Crippen molar-refractivity contribution >= 4 is 17.4 Å². The molecule has 1 aromatic rings. The molecule has 0 bridgehead atoms. The maximum absolute atomic E-state index is 5.38. The van der Waals surface area contributed by atoms with Gasteiger partial charge in [0.25, 0.3) is 0 Å². The van der Waals surface area contributed by atoms with E-state index >= 15 is 0 Å². The van der Waals surface area contributed by atoms with Crippen LogP contribution < -0.4 is 5.73 Å². The van der Waals surface area contributed by atoms with Gasteiger partial charge in [0.05, 0.1) is 11.5 Å². The van der Waals surface area contributed by atoms with Gasteiger partial charge in [0.15, 0.2) is 5.82 Å². The second-order valence-electron chi connectivity index (χ2n) is 1.51. The molecular weight excluding hydrogens is 138 g/mol. The topological polar surface area (TPSA) is 61.0 Å². The molecular formula is C4H7N3OS. The number of hydrogen-bond acceptors (Lipinski definition) is 5. The van der Waals surface area contributed by atoms with Gasteiger partial charge in [0.1, 0.15) is 0 Å². The van der Waals surface area contributed by atoms with Crippen LogP contribution in [0, 0.1) is 0 Å². The normalized spacial score (nSPS) is 9.89. The highest BCUT2D eigenvalue weighted by Crippen LogP contribution is 2.11. The van der Waals surface area contributed by atoms with E-state index in [0.29, 0.717) is 12.4 Å². The summed E-state index contributed by atoms with van der Waals surface area (Å²) >= 11 is 1.26. The van der Waals surface area contributed by atoms with Crippen LogP contribution in [-0.2, 0) is 11.3 Å². The minimum Gasteiger partial charge on any atom is -0.381 e. The third-order valence-electron chi connectivity index (χ3n) is 0.861. The molecule has 0 aliphatic rings. The first-order valence-electron chi connectivity index (χ1n) is 2.40. The Morgan fingerprint density at radius 3 is 3.00 bits per heavy atom. The molecule has 0 radical (unpaired) electrons. The SMILES string of the molecule is COCc1snnc1N. The molecule has 0 aliphatic heterocycles. The highest BCUT2D eigenvalue weighted by Gasteiger charge is 2.00. The lowest BCUT2D eigenvalue weighted by molar-refractivity contribution is 0.188. The van der Waals surface area contributed by atoms with Gasteiger partial charge in [0.2, 0.25) is 0 Å². The highest BCUT2D eigenvalue weighted by molar-refractivity contribution is 7.05. The Labute approximate surface area is 56.8 Å². The van der Waals surface area contributed by atoms with Crippen LogP contribution in [0.5, 0.6) is 0 Å². The maximum atomic E-state index is 5.38. The van der Waals surface area contributed by atoms with E-state index in [-0.39, 0.29) is 0 Å². The van der Waals surface area contributed by atoms with E-state index in [2.05, 4.69) is 9.59 Å². The molecule has 0 aliphatic carbocycles. The first-order valence-corrected chi connectivity index (χ1v) is 3.17. The van der Waals surface area contributed by atoms with E-state index in [0.717, 1.165) is 4.88 Å². The Morgan fingerprint density at radius 2 is 2.56 bits per heavy atom. The van der Waals surface area contributed by atoms with Crippen LogP contribution in [0.3, 0.4) is 0 Å². The summed E-state index contributed by atoms with van der Waals surface area (Å²) in [6.45, 7) is 0.503. The van der Waals surface area contributed by atoms with Gasteiger partial charge < -0.3 is 10.5 Å². The molecule has 1 rings (SSSR count). The van der Waals surface area contributed by atoms with Crippen molar-refractivity contribution in [1.82, 2.24) is 9.59 Å². The van der Waals surface area contributed by atoms with Crippen molar-refractivity contribution in [2.75, 3.05) is 12.8 Å². The summed E-state index contributed by atoms with van der Waals surface area (Å²) in [6, 6.07) is 0. The van der Waals surface area contributed by atoms with E-state index in [1.165, 1.54) is 11.5 Å². The molecule has 0 aromatic carbocycles. The second-order valence-corrected chi connectivity index (χ2v) is 2.35. The Morgan fingerprint density at radius 1 is 1.78 bits per heavy atom. The molecule has 5 heteroatoms. The molecule has 1 aromatic heterocycles. The highest BCUT2D eigenvalue weighted by atomic mass is 32.1. The molecule has 0 saturated heterocycles. The van der Waals surface area contributed by atoms with Gasteiger partial charge >= 0.3 is 0 Å². The summed E-state index contributed by atoms with van der Waals surface area (Å²) in [5.74, 6) is 0.474. The Bertz CT molecular complexity index is 188. The zero-order chi connectivity index (χ0) is 6.69. The number of nitrogens with two attached hydrogens (primary N) is 1. The average molecular weight is 145 g/mol. The predicted octanol–water partition coefficient (Wildman–Crippen LogP) is 0.267. The Kier molecular flexibility index (Phi) is 1.96. The number of nitrogens with zero attached hydrogens (tertiary/aromatic N) is 2. The van der Waals surface area contributed by atoms with Crippen LogP contribution in [0.1, 0.15) is 4.88 Å². The van der Waals surface area contributed by atoms with Crippen molar-refractivity contribution in [3.8, 4) is 0 Å². The van der Waals surface area contributed by atoms with Crippen LogP contribution in [0.25, 0.3) is 0 Å². The fourth-order valence-electron chi connectivity index (χ4n) is 0.448. The fourth-order valence-corrected chi connectivity index (χ4v) is 0.980. The minimum atomic E-state index is 0.474. The molecule has 0 saturated carbocycles. The van der Waals surface area contributed by atoms with E-state index in [1.54, 1.807) is 7.11 Å². The molecule has 0 unspecified atom stereocenters. The standard InChI is InChI=1S/C4H7N3OS/c1-8-2-3-4(5)6-7-9-3/h2,5H2,1H3. The lowest BCUT2D eigenvalue weighted by Gasteiger charge is -1.90. The number of anilines is 1. The van der Waals surface area contributed by atoms with Crippen molar-refractivity contribution < 1.29 is 4.74 Å². The number of aromatic nitrogens is 2. The van der Waals surface area contributed by atoms with Crippen LogP contribution >= 0.6 is 11.5 Å². The van der Waals surface area contributed by atoms with Gasteiger partial charge in [-0.25, -0.2) is 0 Å². The monoisotopic (exact) mass is 145 g/mol. The van der Waals surface area contributed by atoms with E-state index in [1.807, 2.05) is 0 Å². The summed E-state index contributed by atoms with van der Waals surface area (Å²) in [4.78, 5) is 0.887. The van der Waals surface area contributed by atoms with Gasteiger partial charge in [0, 0.05) is 7.11 Å². The molecule has 50 valence electrons. The number of methoxy groups -OCH3 is 1. The largest absolute Gasteiger partial charge is 0.381 e. The smallest absolute Gasteiger partial charge is 0.164 e. The van der Waals surface area contributed by atoms with Gasteiger partial charge in [-0.05, 0) is 11.5 Å². The Hall–Kier alpha value is -0.680. The van der Waals surface area contributed by atoms with Crippen LogP contribution in [0.2, 0.25) is 0 Å². The Balaban J connectivity index is 2.69. The number of nitrogen functional groups attached to an aromatic ring is 1. The van der Waals surface area contributed by atoms with E-state index < -0.39 is 0 Å². The first kappa shape index (κ1) is 6.44. The number of ether oxygens (including phenoxy) is 1. The lowest BCUT2D eigenvalue weighted by Crippen LogP contribution is -1.91. The van der Waals surface area contributed by atoms with Gasteiger partial charge in [-0.3, -0.25) is 0 Å². The van der Waals surface area contributed by atoms with Crippen molar-refractivity contribution in [3.63, 3.8) is 0 Å². The molecule has 0 atom stereocenters. The summed E-state index contributed by atoms with van der Waals surface area (Å²) < 4.78 is 8.44. The van der Waals surface area contributed by atoms with Gasteiger partial charge in [-0.2, -0.15) is 0 Å². The first-order chi connectivity index (χ1) is 4.34. The quantitative estimate of drug-likeness (QED) is 0.648. The van der Waals surface area contributed by atoms with Crippen LogP contribution in [0.15, 0.2) is 0 Å². The molecule has 2 N–H and O–H groups in total. The zero-order valence-electron chi connectivity index (χ0n) is 5.00. The summed E-state index contributed by atoms with van der Waals surface area (Å²) in [6.07, 6.45) is 0. The number of hydrogen-bond donors (Lipinski definition) is 1. The van der Waals surface area contributed by atoms with E-state index in [9.17, 15) is 0 Å². The third kappa shape index (κ3) is 1.36. The summed E-state index contributed by atoms with van der Waals surface area (Å²) in [5, 5.41) is 3.60. The second kappa shape index (κ2) is 2.75. The van der Waals surface area contributed by atoms with Crippen LogP contribution in [0.4, 0.5) is 5.82 Å². The maximum Gasteiger partial charge on any atom is 0.164 e. The van der Waals surface area contributed by atoms with Crippen molar-refractivity contribution in [1.29, 1.82) is 0 Å². The van der Waals surface area contributed by atoms with E-state index in [4.69, 9.17) is 10.5 Å². The third-order valence-corrected chi connectivity index (χ3v) is 1.57. The fraction of sp³-hybridized carbons (Fsp3) is 0.500. The van der Waals surface area contributed by atoms with Crippen molar-refractivity contribution in [2.24, 2.45) is 0 Å². The molecule has 1 heterocycles. The van der Waals surface area contributed by atoms with Crippen molar-refractivity contribution in [3.05, 3.63) is 4.88 Å². The summed E-state index contributed by atoms with van der Waals surface area (Å²) in [7, 11) is 1.61. The average Bonchev–Trinajstić information content (AvgIpc) is 2.18.